The lowest BCUT2D eigenvalue weighted by Gasteiger charge is -2.24. The van der Waals surface area contributed by atoms with Gasteiger partial charge in [0.2, 0.25) is 5.91 Å². The molecule has 3 heteroatoms. The SMILES string of the molecule is CC(C)C(=O)N1CCCN(c2ccccc2)CC1. The van der Waals surface area contributed by atoms with Crippen molar-refractivity contribution in [3.05, 3.63) is 30.3 Å². The largest absolute Gasteiger partial charge is 0.370 e. The van der Waals surface area contributed by atoms with E-state index >= 15 is 0 Å². The van der Waals surface area contributed by atoms with Gasteiger partial charge in [-0.15, -0.1) is 0 Å². The molecule has 98 valence electrons. The van der Waals surface area contributed by atoms with Crippen LogP contribution < -0.4 is 4.90 Å². The van der Waals surface area contributed by atoms with Gasteiger partial charge in [-0.2, -0.15) is 0 Å². The van der Waals surface area contributed by atoms with Crippen LogP contribution in [0, 0.1) is 5.92 Å². The molecular formula is C15H22N2O. The van der Waals surface area contributed by atoms with Gasteiger partial charge < -0.3 is 9.80 Å². The lowest BCUT2D eigenvalue weighted by molar-refractivity contribution is -0.134. The third kappa shape index (κ3) is 3.03. The Hall–Kier alpha value is -1.51. The summed E-state index contributed by atoms with van der Waals surface area (Å²) < 4.78 is 0. The van der Waals surface area contributed by atoms with Crippen LogP contribution in [0.25, 0.3) is 0 Å². The Morgan fingerprint density at radius 3 is 2.44 bits per heavy atom. The predicted octanol–water partition coefficient (Wildman–Crippen LogP) is 2.38. The highest BCUT2D eigenvalue weighted by Crippen LogP contribution is 2.16. The number of hydrogen-bond donors (Lipinski definition) is 0. The van der Waals surface area contributed by atoms with Gasteiger partial charge >= 0.3 is 0 Å². The predicted molar refractivity (Wildman–Crippen MR) is 74.7 cm³/mol. The van der Waals surface area contributed by atoms with E-state index < -0.39 is 0 Å². The van der Waals surface area contributed by atoms with E-state index in [1.807, 2.05) is 24.8 Å². The van der Waals surface area contributed by atoms with Crippen LogP contribution in [0.2, 0.25) is 0 Å². The summed E-state index contributed by atoms with van der Waals surface area (Å²) in [6.07, 6.45) is 1.05. The van der Waals surface area contributed by atoms with E-state index in [2.05, 4.69) is 29.2 Å². The van der Waals surface area contributed by atoms with Crippen molar-refractivity contribution in [3.8, 4) is 0 Å². The van der Waals surface area contributed by atoms with Gasteiger partial charge in [0, 0.05) is 37.8 Å². The lowest BCUT2D eigenvalue weighted by Crippen LogP contribution is -2.37. The van der Waals surface area contributed by atoms with E-state index in [9.17, 15) is 4.79 Å². The Morgan fingerprint density at radius 1 is 1.06 bits per heavy atom. The van der Waals surface area contributed by atoms with Crippen molar-refractivity contribution in [2.24, 2.45) is 5.92 Å². The van der Waals surface area contributed by atoms with Gasteiger partial charge in [0.05, 0.1) is 0 Å². The van der Waals surface area contributed by atoms with Gasteiger partial charge in [0.15, 0.2) is 0 Å². The quantitative estimate of drug-likeness (QED) is 0.800. The van der Waals surface area contributed by atoms with Gasteiger partial charge in [0.25, 0.3) is 0 Å². The molecule has 1 aromatic carbocycles. The Balaban J connectivity index is 1.99. The number of para-hydroxylation sites is 1. The van der Waals surface area contributed by atoms with Gasteiger partial charge in [-0.05, 0) is 18.6 Å². The third-order valence-electron chi connectivity index (χ3n) is 3.42. The van der Waals surface area contributed by atoms with Crippen molar-refractivity contribution in [2.45, 2.75) is 20.3 Å². The Bertz CT molecular complexity index is 389. The first-order valence-electron chi connectivity index (χ1n) is 6.77. The van der Waals surface area contributed by atoms with Crippen LogP contribution in [0.5, 0.6) is 0 Å². The van der Waals surface area contributed by atoms with E-state index in [1.54, 1.807) is 0 Å². The zero-order chi connectivity index (χ0) is 13.0. The van der Waals surface area contributed by atoms with E-state index in [0.29, 0.717) is 0 Å². The molecule has 1 aliphatic heterocycles. The van der Waals surface area contributed by atoms with Crippen molar-refractivity contribution >= 4 is 11.6 Å². The molecule has 1 aromatic rings. The minimum absolute atomic E-state index is 0.105. The van der Waals surface area contributed by atoms with Gasteiger partial charge in [0.1, 0.15) is 0 Å². The fraction of sp³-hybridized carbons (Fsp3) is 0.533. The van der Waals surface area contributed by atoms with Crippen molar-refractivity contribution in [3.63, 3.8) is 0 Å². The molecule has 1 amide bonds. The van der Waals surface area contributed by atoms with Crippen molar-refractivity contribution in [2.75, 3.05) is 31.1 Å². The topological polar surface area (TPSA) is 23.6 Å². The van der Waals surface area contributed by atoms with E-state index in [4.69, 9.17) is 0 Å². The first-order valence-corrected chi connectivity index (χ1v) is 6.77. The van der Waals surface area contributed by atoms with Crippen LogP contribution in [0.4, 0.5) is 5.69 Å². The average molecular weight is 246 g/mol. The van der Waals surface area contributed by atoms with E-state index in [-0.39, 0.29) is 11.8 Å². The van der Waals surface area contributed by atoms with Crippen molar-refractivity contribution in [1.29, 1.82) is 0 Å². The second-order valence-corrected chi connectivity index (χ2v) is 5.16. The molecule has 0 saturated carbocycles. The molecule has 0 atom stereocenters. The number of rotatable bonds is 2. The number of carbonyl (C=O) groups excluding carboxylic acids is 1. The molecule has 0 aromatic heterocycles. The normalized spacial score (nSPS) is 16.8. The molecule has 1 fully saturated rings. The first-order chi connectivity index (χ1) is 8.68. The molecule has 0 unspecified atom stereocenters. The smallest absolute Gasteiger partial charge is 0.225 e. The molecule has 0 bridgehead atoms. The maximum atomic E-state index is 12.0. The molecule has 0 spiro atoms. The lowest BCUT2D eigenvalue weighted by atomic mass is 10.2. The standard InChI is InChI=1S/C15H22N2O/c1-13(2)15(18)17-10-6-9-16(11-12-17)14-7-4-3-5-8-14/h3-5,7-8,13H,6,9-12H2,1-2H3. The van der Waals surface area contributed by atoms with Crippen LogP contribution in [-0.2, 0) is 4.79 Å². The van der Waals surface area contributed by atoms with Gasteiger partial charge in [-0.25, -0.2) is 0 Å². The molecular weight excluding hydrogens is 224 g/mol. The van der Waals surface area contributed by atoms with Crippen LogP contribution in [0.1, 0.15) is 20.3 Å². The summed E-state index contributed by atoms with van der Waals surface area (Å²) in [6, 6.07) is 10.4. The first kappa shape index (κ1) is 12.9. The van der Waals surface area contributed by atoms with Crippen LogP contribution in [0.15, 0.2) is 30.3 Å². The Kier molecular flexibility index (Phi) is 4.24. The second-order valence-electron chi connectivity index (χ2n) is 5.16. The van der Waals surface area contributed by atoms with Gasteiger partial charge in [-0.1, -0.05) is 32.0 Å². The van der Waals surface area contributed by atoms with Crippen molar-refractivity contribution < 1.29 is 4.79 Å². The molecule has 0 radical (unpaired) electrons. The summed E-state index contributed by atoms with van der Waals surface area (Å²) in [4.78, 5) is 16.4. The number of hydrogen-bond acceptors (Lipinski definition) is 2. The monoisotopic (exact) mass is 246 g/mol. The average Bonchev–Trinajstić information content (AvgIpc) is 2.64. The summed E-state index contributed by atoms with van der Waals surface area (Å²) in [6.45, 7) is 7.64. The summed E-state index contributed by atoms with van der Waals surface area (Å²) >= 11 is 0. The Labute approximate surface area is 109 Å². The molecule has 1 aliphatic rings. The maximum absolute atomic E-state index is 12.0. The molecule has 2 rings (SSSR count). The maximum Gasteiger partial charge on any atom is 0.225 e. The molecule has 0 N–H and O–H groups in total. The number of nitrogens with zero attached hydrogens (tertiary/aromatic N) is 2. The molecule has 1 saturated heterocycles. The molecule has 18 heavy (non-hydrogen) atoms. The summed E-state index contributed by atoms with van der Waals surface area (Å²) in [5, 5.41) is 0. The molecule has 3 nitrogen and oxygen atoms in total. The van der Waals surface area contributed by atoms with Gasteiger partial charge in [-0.3, -0.25) is 4.79 Å². The highest BCUT2D eigenvalue weighted by atomic mass is 16.2. The minimum atomic E-state index is 0.105. The fourth-order valence-electron chi connectivity index (χ4n) is 2.40. The summed E-state index contributed by atoms with van der Waals surface area (Å²) in [7, 11) is 0. The second kappa shape index (κ2) is 5.89. The Morgan fingerprint density at radius 2 is 1.78 bits per heavy atom. The van der Waals surface area contributed by atoms with Crippen LogP contribution in [-0.4, -0.2) is 37.0 Å². The molecule has 1 heterocycles. The number of carbonyl (C=O) groups is 1. The zero-order valence-corrected chi connectivity index (χ0v) is 11.3. The van der Waals surface area contributed by atoms with Crippen LogP contribution >= 0.6 is 0 Å². The number of anilines is 1. The summed E-state index contributed by atoms with van der Waals surface area (Å²) in [5.41, 5.74) is 1.26. The summed E-state index contributed by atoms with van der Waals surface area (Å²) in [5.74, 6) is 0.387. The highest BCUT2D eigenvalue weighted by Gasteiger charge is 2.20. The van der Waals surface area contributed by atoms with Crippen LogP contribution in [0.3, 0.4) is 0 Å². The van der Waals surface area contributed by atoms with Crippen molar-refractivity contribution in [1.82, 2.24) is 4.90 Å². The minimum Gasteiger partial charge on any atom is -0.370 e. The molecule has 0 aliphatic carbocycles. The highest BCUT2D eigenvalue weighted by molar-refractivity contribution is 5.78. The third-order valence-corrected chi connectivity index (χ3v) is 3.42. The van der Waals surface area contributed by atoms with E-state index in [1.165, 1.54) is 5.69 Å². The number of benzene rings is 1. The number of amides is 1. The zero-order valence-electron chi connectivity index (χ0n) is 11.3. The van der Waals surface area contributed by atoms with E-state index in [0.717, 1.165) is 32.6 Å². The fourth-order valence-corrected chi connectivity index (χ4v) is 2.40.